The molecular formula is C16H21F2N2O3S2+. The van der Waals surface area contributed by atoms with Gasteiger partial charge in [0.1, 0.15) is 23.4 Å². The van der Waals surface area contributed by atoms with Crippen LogP contribution in [0.4, 0.5) is 8.78 Å². The number of amides is 1. The van der Waals surface area contributed by atoms with E-state index in [1.165, 1.54) is 17.0 Å². The van der Waals surface area contributed by atoms with Crippen molar-refractivity contribution in [1.82, 2.24) is 4.90 Å². The number of hydrogen-bond acceptors (Lipinski definition) is 4. The van der Waals surface area contributed by atoms with Crippen molar-refractivity contribution in [2.24, 2.45) is 0 Å². The van der Waals surface area contributed by atoms with E-state index in [0.717, 1.165) is 30.9 Å². The Labute approximate surface area is 150 Å². The molecule has 138 valence electrons. The highest BCUT2D eigenvalue weighted by Gasteiger charge is 2.37. The van der Waals surface area contributed by atoms with Gasteiger partial charge in [-0.05, 0) is 12.1 Å². The number of halogens is 2. The molecule has 1 aromatic carbocycles. The van der Waals surface area contributed by atoms with Crippen LogP contribution in [0.5, 0.6) is 0 Å². The molecule has 1 amide bonds. The summed E-state index contributed by atoms with van der Waals surface area (Å²) in [6.07, 6.45) is 0.700. The third-order valence-electron chi connectivity index (χ3n) is 4.81. The third-order valence-corrected chi connectivity index (χ3v) is 7.61. The van der Waals surface area contributed by atoms with Gasteiger partial charge in [0.05, 0.1) is 37.7 Å². The average molecular weight is 391 g/mol. The topological polar surface area (TPSA) is 58.9 Å². The van der Waals surface area contributed by atoms with E-state index in [-0.39, 0.29) is 34.1 Å². The van der Waals surface area contributed by atoms with Gasteiger partial charge in [-0.1, -0.05) is 0 Å². The number of thioether (sulfide) groups is 1. The van der Waals surface area contributed by atoms with Crippen molar-refractivity contribution in [2.75, 3.05) is 43.4 Å². The zero-order chi connectivity index (χ0) is 18.0. The summed E-state index contributed by atoms with van der Waals surface area (Å²) in [7, 11) is -2.89. The molecule has 1 aromatic rings. The Balaban J connectivity index is 1.47. The Bertz CT molecular complexity index is 750. The predicted octanol–water partition coefficient (Wildman–Crippen LogP) is -0.0289. The number of nitrogens with zero attached hydrogens (tertiary/aromatic N) is 1. The van der Waals surface area contributed by atoms with Crippen LogP contribution < -0.4 is 4.90 Å². The van der Waals surface area contributed by atoms with E-state index >= 15 is 0 Å². The molecule has 2 fully saturated rings. The van der Waals surface area contributed by atoms with Gasteiger partial charge in [-0.15, -0.1) is 11.8 Å². The van der Waals surface area contributed by atoms with Crippen LogP contribution >= 0.6 is 11.8 Å². The fraction of sp³-hybridized carbons (Fsp3) is 0.562. The van der Waals surface area contributed by atoms with Gasteiger partial charge < -0.3 is 9.80 Å². The molecular weight excluding hydrogens is 370 g/mol. The molecule has 2 saturated heterocycles. The Kier molecular flexibility index (Phi) is 5.65. The Morgan fingerprint density at radius 1 is 1.28 bits per heavy atom. The summed E-state index contributed by atoms with van der Waals surface area (Å²) in [5.74, 6) is -0.752. The number of rotatable bonds is 4. The molecule has 5 nitrogen and oxygen atoms in total. The van der Waals surface area contributed by atoms with E-state index in [0.29, 0.717) is 19.5 Å². The first kappa shape index (κ1) is 18.6. The van der Waals surface area contributed by atoms with Crippen LogP contribution in [0.3, 0.4) is 0 Å². The molecule has 2 heterocycles. The van der Waals surface area contributed by atoms with Crippen molar-refractivity contribution in [3.8, 4) is 0 Å². The highest BCUT2D eigenvalue weighted by atomic mass is 32.2. The summed E-state index contributed by atoms with van der Waals surface area (Å²) in [5.41, 5.74) is 0. The van der Waals surface area contributed by atoms with Crippen LogP contribution in [-0.4, -0.2) is 68.7 Å². The highest BCUT2D eigenvalue weighted by Crippen LogP contribution is 2.22. The second kappa shape index (κ2) is 7.59. The number of nitrogens with one attached hydrogen (secondary N) is 1. The van der Waals surface area contributed by atoms with Gasteiger partial charge >= 0.3 is 0 Å². The van der Waals surface area contributed by atoms with Crippen molar-refractivity contribution >= 4 is 27.5 Å². The molecule has 0 radical (unpaired) electrons. The summed E-state index contributed by atoms with van der Waals surface area (Å²) >= 11 is 1.06. The van der Waals surface area contributed by atoms with E-state index in [9.17, 15) is 22.0 Å². The molecule has 0 aromatic heterocycles. The smallest absolute Gasteiger partial charge is 0.233 e. The first-order chi connectivity index (χ1) is 11.8. The minimum atomic E-state index is -2.89. The van der Waals surface area contributed by atoms with Crippen LogP contribution in [0, 0.1) is 11.6 Å². The van der Waals surface area contributed by atoms with E-state index in [1.54, 1.807) is 4.90 Å². The summed E-state index contributed by atoms with van der Waals surface area (Å²) in [4.78, 5) is 15.5. The minimum absolute atomic E-state index is 0.0770. The van der Waals surface area contributed by atoms with Gasteiger partial charge in [0.25, 0.3) is 0 Å². The summed E-state index contributed by atoms with van der Waals surface area (Å²) in [5, 5.41) is 0. The zero-order valence-corrected chi connectivity index (χ0v) is 15.3. The monoisotopic (exact) mass is 391 g/mol. The standard InChI is InChI=1S/C16H20F2N2O3S2/c17-12-1-2-15(14(18)9-12)24-10-16(21)20-6-4-19(5-7-20)13-3-8-25(22,23)11-13/h1-2,9,13H,3-8,10-11H2/p+1/t13-/m1/s1. The quantitative estimate of drug-likeness (QED) is 0.733. The number of benzene rings is 1. The van der Waals surface area contributed by atoms with Gasteiger partial charge in [0.2, 0.25) is 5.91 Å². The van der Waals surface area contributed by atoms with Crippen LogP contribution in [0.1, 0.15) is 6.42 Å². The molecule has 2 aliphatic rings. The molecule has 0 bridgehead atoms. The molecule has 1 atom stereocenters. The van der Waals surface area contributed by atoms with Gasteiger partial charge in [-0.2, -0.15) is 0 Å². The fourth-order valence-electron chi connectivity index (χ4n) is 3.39. The summed E-state index contributed by atoms with van der Waals surface area (Å²) in [6.45, 7) is 2.64. The van der Waals surface area contributed by atoms with Gasteiger partial charge in [-0.25, -0.2) is 17.2 Å². The number of quaternary nitrogens is 1. The maximum absolute atomic E-state index is 13.6. The van der Waals surface area contributed by atoms with Gasteiger partial charge in [-0.3, -0.25) is 4.79 Å². The van der Waals surface area contributed by atoms with E-state index in [1.807, 2.05) is 0 Å². The Hall–Kier alpha value is -1.19. The molecule has 0 saturated carbocycles. The van der Waals surface area contributed by atoms with Crippen LogP contribution in [0.15, 0.2) is 23.1 Å². The van der Waals surface area contributed by atoms with E-state index in [2.05, 4.69) is 0 Å². The highest BCUT2D eigenvalue weighted by molar-refractivity contribution is 8.00. The molecule has 2 aliphatic heterocycles. The lowest BCUT2D eigenvalue weighted by atomic mass is 10.2. The van der Waals surface area contributed by atoms with Crippen molar-refractivity contribution < 1.29 is 26.9 Å². The summed E-state index contributed by atoms with van der Waals surface area (Å²) < 4.78 is 49.7. The maximum Gasteiger partial charge on any atom is 0.233 e. The van der Waals surface area contributed by atoms with Crippen LogP contribution in [-0.2, 0) is 14.6 Å². The van der Waals surface area contributed by atoms with Crippen LogP contribution in [0.2, 0.25) is 0 Å². The SMILES string of the molecule is O=C(CSc1ccc(F)cc1F)N1CC[NH+]([C@@H]2CCS(=O)(=O)C2)CC1. The molecule has 3 rings (SSSR count). The Morgan fingerprint density at radius 3 is 2.60 bits per heavy atom. The largest absolute Gasteiger partial charge is 0.331 e. The van der Waals surface area contributed by atoms with Crippen molar-refractivity contribution in [2.45, 2.75) is 17.4 Å². The molecule has 25 heavy (non-hydrogen) atoms. The number of hydrogen-bond donors (Lipinski definition) is 1. The van der Waals surface area contributed by atoms with E-state index < -0.39 is 21.5 Å². The summed E-state index contributed by atoms with van der Waals surface area (Å²) in [6, 6.07) is 3.47. The van der Waals surface area contributed by atoms with Crippen molar-refractivity contribution in [1.29, 1.82) is 0 Å². The van der Waals surface area contributed by atoms with E-state index in [4.69, 9.17) is 0 Å². The molecule has 0 unspecified atom stereocenters. The first-order valence-corrected chi connectivity index (χ1v) is 11.1. The van der Waals surface area contributed by atoms with Gasteiger partial charge in [0, 0.05) is 17.4 Å². The maximum atomic E-state index is 13.6. The van der Waals surface area contributed by atoms with Crippen molar-refractivity contribution in [3.63, 3.8) is 0 Å². The zero-order valence-electron chi connectivity index (χ0n) is 13.7. The molecule has 0 spiro atoms. The lowest BCUT2D eigenvalue weighted by Crippen LogP contribution is -3.18. The third kappa shape index (κ3) is 4.71. The average Bonchev–Trinajstić information content (AvgIpc) is 2.94. The van der Waals surface area contributed by atoms with Gasteiger partial charge in [0.15, 0.2) is 9.84 Å². The first-order valence-electron chi connectivity index (χ1n) is 8.25. The molecule has 0 aliphatic carbocycles. The molecule has 1 N–H and O–H groups in total. The normalized spacial score (nSPS) is 23.8. The number of carbonyl (C=O) groups excluding carboxylic acids is 1. The predicted molar refractivity (Wildman–Crippen MR) is 91.4 cm³/mol. The second-order valence-corrected chi connectivity index (χ2v) is 9.75. The number of sulfone groups is 1. The minimum Gasteiger partial charge on any atom is -0.331 e. The second-order valence-electron chi connectivity index (χ2n) is 6.50. The number of carbonyl (C=O) groups is 1. The molecule has 9 heteroatoms. The lowest BCUT2D eigenvalue weighted by Gasteiger charge is -2.35. The lowest BCUT2D eigenvalue weighted by molar-refractivity contribution is -0.925. The fourth-order valence-corrected chi connectivity index (χ4v) is 6.04. The number of piperazine rings is 1. The van der Waals surface area contributed by atoms with Crippen LogP contribution in [0.25, 0.3) is 0 Å². The Morgan fingerprint density at radius 2 is 2.00 bits per heavy atom. The van der Waals surface area contributed by atoms with Crippen molar-refractivity contribution in [3.05, 3.63) is 29.8 Å².